The number of nitrogens with two attached hydrogens (primary N) is 1. The van der Waals surface area contributed by atoms with Gasteiger partial charge in [0.1, 0.15) is 4.99 Å². The molecule has 0 aliphatic carbocycles. The van der Waals surface area contributed by atoms with Crippen molar-refractivity contribution in [2.45, 2.75) is 13.0 Å². The predicted molar refractivity (Wildman–Crippen MR) is 121 cm³/mol. The van der Waals surface area contributed by atoms with Crippen molar-refractivity contribution in [3.8, 4) is 0 Å². The zero-order chi connectivity index (χ0) is 20.4. The minimum Gasteiger partial charge on any atom is -0.324 e. The lowest BCUT2D eigenvalue weighted by Gasteiger charge is -2.22. The van der Waals surface area contributed by atoms with E-state index in [9.17, 15) is 4.79 Å². The van der Waals surface area contributed by atoms with Crippen molar-refractivity contribution >= 4 is 40.2 Å². The summed E-state index contributed by atoms with van der Waals surface area (Å²) in [5.74, 6) is 5.99. The average Bonchev–Trinajstić information content (AvgIpc) is 2.84. The number of carbonyl (C=O) groups is 1. The Morgan fingerprint density at radius 1 is 1.03 bits per heavy atom. The molecule has 3 aromatic rings. The maximum atomic E-state index is 13.1. The standard InChI is InChI=1S/C23H20N4OS/c1-15-8-7-11-17(14-15)25-22(28)21-23(29)27(24)19-13-6-5-12-18(19)20(26-21)16-9-3-2-4-10-16/h2-14,21H,24H2,1H3,(H,25,28). The number of hydrazine groups is 1. The van der Waals surface area contributed by atoms with Gasteiger partial charge in [0, 0.05) is 16.8 Å². The van der Waals surface area contributed by atoms with Crippen molar-refractivity contribution in [2.75, 3.05) is 10.3 Å². The molecule has 1 atom stereocenters. The Kier molecular flexibility index (Phi) is 5.20. The highest BCUT2D eigenvalue weighted by Gasteiger charge is 2.32. The van der Waals surface area contributed by atoms with Gasteiger partial charge in [-0.25, -0.2) is 5.84 Å². The molecule has 0 fully saturated rings. The first-order valence-electron chi connectivity index (χ1n) is 9.23. The van der Waals surface area contributed by atoms with Crippen LogP contribution in [-0.2, 0) is 4.79 Å². The number of benzene rings is 3. The lowest BCUT2D eigenvalue weighted by atomic mass is 10.0. The molecule has 1 amide bonds. The highest BCUT2D eigenvalue weighted by atomic mass is 32.1. The van der Waals surface area contributed by atoms with Crippen molar-refractivity contribution in [3.05, 3.63) is 95.6 Å². The third-order valence-electron chi connectivity index (χ3n) is 4.73. The molecular formula is C23H20N4OS. The first-order chi connectivity index (χ1) is 14.0. The zero-order valence-electron chi connectivity index (χ0n) is 15.9. The monoisotopic (exact) mass is 400 g/mol. The number of para-hydroxylation sites is 1. The topological polar surface area (TPSA) is 70.7 Å². The van der Waals surface area contributed by atoms with Gasteiger partial charge >= 0.3 is 0 Å². The van der Waals surface area contributed by atoms with Gasteiger partial charge in [0.2, 0.25) is 0 Å². The summed E-state index contributed by atoms with van der Waals surface area (Å²) in [5.41, 5.74) is 4.86. The first kappa shape index (κ1) is 19.0. The van der Waals surface area contributed by atoms with Crippen LogP contribution in [0.4, 0.5) is 11.4 Å². The number of hydrogen-bond donors (Lipinski definition) is 2. The number of aryl methyl sites for hydroxylation is 1. The molecule has 0 saturated heterocycles. The molecule has 0 spiro atoms. The molecule has 5 nitrogen and oxygen atoms in total. The Hall–Kier alpha value is -3.35. The summed E-state index contributed by atoms with van der Waals surface area (Å²) in [6, 6.07) is 24.0. The van der Waals surface area contributed by atoms with Crippen LogP contribution in [0.1, 0.15) is 16.7 Å². The van der Waals surface area contributed by atoms with E-state index in [0.717, 1.165) is 16.7 Å². The first-order valence-corrected chi connectivity index (χ1v) is 9.64. The van der Waals surface area contributed by atoms with E-state index in [4.69, 9.17) is 23.1 Å². The lowest BCUT2D eigenvalue weighted by molar-refractivity contribution is -0.116. The van der Waals surface area contributed by atoms with Crippen LogP contribution in [-0.4, -0.2) is 22.6 Å². The summed E-state index contributed by atoms with van der Waals surface area (Å²) < 4.78 is 0. The van der Waals surface area contributed by atoms with Crippen molar-refractivity contribution in [2.24, 2.45) is 10.8 Å². The van der Waals surface area contributed by atoms with Crippen LogP contribution in [0, 0.1) is 6.92 Å². The van der Waals surface area contributed by atoms with Crippen LogP contribution in [0.15, 0.2) is 83.9 Å². The second-order valence-corrected chi connectivity index (χ2v) is 7.25. The van der Waals surface area contributed by atoms with Crippen molar-refractivity contribution in [1.82, 2.24) is 0 Å². The molecular weight excluding hydrogens is 380 g/mol. The van der Waals surface area contributed by atoms with E-state index < -0.39 is 6.04 Å². The molecule has 4 rings (SSSR count). The summed E-state index contributed by atoms with van der Waals surface area (Å²) in [4.78, 5) is 18.2. The van der Waals surface area contributed by atoms with Gasteiger partial charge in [-0.05, 0) is 30.7 Å². The molecule has 6 heteroatoms. The van der Waals surface area contributed by atoms with Gasteiger partial charge in [-0.1, -0.05) is 72.9 Å². The van der Waals surface area contributed by atoms with Crippen LogP contribution < -0.4 is 16.2 Å². The van der Waals surface area contributed by atoms with Gasteiger partial charge in [-0.15, -0.1) is 0 Å². The number of nitrogens with zero attached hydrogens (tertiary/aromatic N) is 2. The minimum absolute atomic E-state index is 0.244. The number of benzodiazepines with no additional fused rings is 1. The molecule has 1 heterocycles. The molecule has 0 bridgehead atoms. The van der Waals surface area contributed by atoms with E-state index in [2.05, 4.69) is 5.32 Å². The Balaban J connectivity index is 1.79. The van der Waals surface area contributed by atoms with E-state index in [1.807, 2.05) is 85.8 Å². The number of aliphatic imine (C=N–C) groups is 1. The highest BCUT2D eigenvalue weighted by Crippen LogP contribution is 2.27. The average molecular weight is 401 g/mol. The minimum atomic E-state index is -0.932. The van der Waals surface area contributed by atoms with Gasteiger partial charge < -0.3 is 5.32 Å². The van der Waals surface area contributed by atoms with Gasteiger partial charge in [-0.2, -0.15) is 0 Å². The molecule has 144 valence electrons. The van der Waals surface area contributed by atoms with E-state index in [0.29, 0.717) is 17.1 Å². The van der Waals surface area contributed by atoms with E-state index in [1.54, 1.807) is 0 Å². The highest BCUT2D eigenvalue weighted by molar-refractivity contribution is 7.80. The lowest BCUT2D eigenvalue weighted by Crippen LogP contribution is -2.46. The fraction of sp³-hybridized carbons (Fsp3) is 0.0870. The normalized spacial score (nSPS) is 15.9. The Morgan fingerprint density at radius 3 is 2.52 bits per heavy atom. The number of nitrogens with one attached hydrogen (secondary N) is 1. The molecule has 3 N–H and O–H groups in total. The number of hydrogen-bond acceptors (Lipinski definition) is 4. The van der Waals surface area contributed by atoms with E-state index in [-0.39, 0.29) is 10.9 Å². The SMILES string of the molecule is Cc1cccc(NC(=O)C2N=C(c3ccccc3)c3ccccc3N(N)C2=S)c1. The molecule has 0 aromatic heterocycles. The number of rotatable bonds is 3. The van der Waals surface area contributed by atoms with Crippen LogP contribution in [0.5, 0.6) is 0 Å². The second-order valence-electron chi connectivity index (χ2n) is 6.83. The number of anilines is 2. The summed E-state index contributed by atoms with van der Waals surface area (Å²) in [7, 11) is 0. The van der Waals surface area contributed by atoms with Gasteiger partial charge in [0.25, 0.3) is 5.91 Å². The maximum Gasteiger partial charge on any atom is 0.256 e. The molecule has 1 aliphatic rings. The zero-order valence-corrected chi connectivity index (χ0v) is 16.7. The van der Waals surface area contributed by atoms with Crippen LogP contribution in [0.3, 0.4) is 0 Å². The number of thiocarbonyl (C=S) groups is 1. The second kappa shape index (κ2) is 7.95. The fourth-order valence-electron chi connectivity index (χ4n) is 3.32. The molecule has 1 aliphatic heterocycles. The quantitative estimate of drug-likeness (QED) is 0.517. The van der Waals surface area contributed by atoms with E-state index in [1.165, 1.54) is 5.01 Å². The third kappa shape index (κ3) is 3.81. The fourth-order valence-corrected chi connectivity index (χ4v) is 3.58. The van der Waals surface area contributed by atoms with Crippen LogP contribution in [0.2, 0.25) is 0 Å². The summed E-state index contributed by atoms with van der Waals surface area (Å²) in [6.07, 6.45) is 0. The Labute approximate surface area is 174 Å². The van der Waals surface area contributed by atoms with Crippen LogP contribution >= 0.6 is 12.2 Å². The molecule has 3 aromatic carbocycles. The number of amides is 1. The van der Waals surface area contributed by atoms with E-state index >= 15 is 0 Å². The van der Waals surface area contributed by atoms with Crippen LogP contribution in [0.25, 0.3) is 0 Å². The smallest absolute Gasteiger partial charge is 0.256 e. The van der Waals surface area contributed by atoms with Gasteiger partial charge in [0.05, 0.1) is 11.4 Å². The van der Waals surface area contributed by atoms with Gasteiger partial charge in [0.15, 0.2) is 6.04 Å². The molecule has 0 radical (unpaired) electrons. The van der Waals surface area contributed by atoms with Gasteiger partial charge in [-0.3, -0.25) is 14.8 Å². The Bertz CT molecular complexity index is 1110. The third-order valence-corrected chi connectivity index (χ3v) is 5.15. The molecule has 0 saturated carbocycles. The molecule has 29 heavy (non-hydrogen) atoms. The number of carbonyl (C=O) groups excluding carboxylic acids is 1. The predicted octanol–water partition coefficient (Wildman–Crippen LogP) is 3.86. The summed E-state index contributed by atoms with van der Waals surface area (Å²) >= 11 is 5.57. The summed E-state index contributed by atoms with van der Waals surface area (Å²) in [5, 5.41) is 4.29. The Morgan fingerprint density at radius 2 is 1.76 bits per heavy atom. The summed E-state index contributed by atoms with van der Waals surface area (Å²) in [6.45, 7) is 1.97. The molecule has 1 unspecified atom stereocenters. The maximum absolute atomic E-state index is 13.1. The van der Waals surface area contributed by atoms with Crippen molar-refractivity contribution < 1.29 is 4.79 Å². The largest absolute Gasteiger partial charge is 0.324 e. The number of fused-ring (bicyclic) bond motifs is 1. The van der Waals surface area contributed by atoms with Crippen molar-refractivity contribution in [3.63, 3.8) is 0 Å². The van der Waals surface area contributed by atoms with Crippen molar-refractivity contribution in [1.29, 1.82) is 0 Å².